The van der Waals surface area contributed by atoms with E-state index in [0.29, 0.717) is 21.7 Å². The Morgan fingerprint density at radius 3 is 2.72 bits per heavy atom. The first-order valence-electron chi connectivity index (χ1n) is 4.89. The van der Waals surface area contributed by atoms with Crippen molar-refractivity contribution in [1.82, 2.24) is 9.97 Å². The molecule has 3 nitrogen and oxygen atoms in total. The highest BCUT2D eigenvalue weighted by molar-refractivity contribution is 7.98. The molecule has 0 unspecified atom stereocenters. The summed E-state index contributed by atoms with van der Waals surface area (Å²) < 4.78 is 13.0. The van der Waals surface area contributed by atoms with Crippen LogP contribution in [0.2, 0.25) is 10.0 Å². The third kappa shape index (κ3) is 3.04. The number of nitrogens with zero attached hydrogens (tertiary/aromatic N) is 2. The normalized spacial score (nSPS) is 10.4. The third-order valence-electron chi connectivity index (χ3n) is 2.08. The Balaban J connectivity index is 2.25. The van der Waals surface area contributed by atoms with Crippen molar-refractivity contribution < 1.29 is 4.39 Å². The van der Waals surface area contributed by atoms with E-state index < -0.39 is 5.82 Å². The van der Waals surface area contributed by atoms with E-state index in [0.717, 1.165) is 0 Å². The molecule has 1 aromatic heterocycles. The van der Waals surface area contributed by atoms with Gasteiger partial charge in [-0.05, 0) is 24.5 Å². The van der Waals surface area contributed by atoms with E-state index >= 15 is 0 Å². The number of halogens is 3. The molecule has 0 spiro atoms. The first kappa shape index (κ1) is 13.4. The Hall–Kier alpha value is -1.04. The molecular formula is C11H8Cl2FN3S. The zero-order valence-corrected chi connectivity index (χ0v) is 11.6. The average Bonchev–Trinajstić information content (AvgIpc) is 2.36. The van der Waals surface area contributed by atoms with Crippen molar-refractivity contribution in [3.63, 3.8) is 0 Å². The summed E-state index contributed by atoms with van der Waals surface area (Å²) in [5.41, 5.74) is 0.607. The third-order valence-corrected chi connectivity index (χ3v) is 3.46. The van der Waals surface area contributed by atoms with Crippen LogP contribution in [-0.2, 0) is 0 Å². The van der Waals surface area contributed by atoms with E-state index in [1.807, 2.05) is 6.26 Å². The molecule has 0 bridgehead atoms. The van der Waals surface area contributed by atoms with Crippen molar-refractivity contribution in [2.45, 2.75) is 5.03 Å². The molecule has 0 aliphatic heterocycles. The summed E-state index contributed by atoms with van der Waals surface area (Å²) in [7, 11) is 0. The van der Waals surface area contributed by atoms with Gasteiger partial charge in [0.25, 0.3) is 0 Å². The summed E-state index contributed by atoms with van der Waals surface area (Å²) >= 11 is 13.0. The molecule has 1 aromatic carbocycles. The van der Waals surface area contributed by atoms with E-state index in [4.69, 9.17) is 23.2 Å². The van der Waals surface area contributed by atoms with Gasteiger partial charge in [-0.15, -0.1) is 11.8 Å². The molecule has 0 aliphatic rings. The topological polar surface area (TPSA) is 37.8 Å². The SMILES string of the molecule is CSc1nc(Nc2ccc(F)c(Cl)c2)ncc1Cl. The number of rotatable bonds is 3. The molecule has 0 radical (unpaired) electrons. The molecule has 18 heavy (non-hydrogen) atoms. The molecular weight excluding hydrogens is 296 g/mol. The highest BCUT2D eigenvalue weighted by atomic mass is 35.5. The number of nitrogens with one attached hydrogen (secondary N) is 1. The Labute approximate surface area is 118 Å². The Kier molecular flexibility index (Phi) is 4.27. The van der Waals surface area contributed by atoms with Crippen molar-refractivity contribution >= 4 is 46.6 Å². The Morgan fingerprint density at radius 2 is 2.06 bits per heavy atom. The second-order valence-electron chi connectivity index (χ2n) is 3.30. The van der Waals surface area contributed by atoms with Crippen LogP contribution in [0.4, 0.5) is 16.0 Å². The molecule has 2 aromatic rings. The highest BCUT2D eigenvalue weighted by Crippen LogP contribution is 2.25. The minimum Gasteiger partial charge on any atom is -0.324 e. The largest absolute Gasteiger partial charge is 0.324 e. The first-order chi connectivity index (χ1) is 8.60. The number of aromatic nitrogens is 2. The van der Waals surface area contributed by atoms with Crippen LogP contribution in [0.25, 0.3) is 0 Å². The van der Waals surface area contributed by atoms with Crippen LogP contribution >= 0.6 is 35.0 Å². The van der Waals surface area contributed by atoms with Gasteiger partial charge in [0.15, 0.2) is 0 Å². The van der Waals surface area contributed by atoms with Gasteiger partial charge in [-0.25, -0.2) is 14.4 Å². The van der Waals surface area contributed by atoms with E-state index in [2.05, 4.69) is 15.3 Å². The molecule has 7 heteroatoms. The van der Waals surface area contributed by atoms with Crippen LogP contribution in [0.1, 0.15) is 0 Å². The summed E-state index contributed by atoms with van der Waals surface area (Å²) in [6, 6.07) is 4.29. The van der Waals surface area contributed by atoms with Crippen LogP contribution in [0.3, 0.4) is 0 Å². The van der Waals surface area contributed by atoms with Crippen LogP contribution in [0, 0.1) is 5.82 Å². The first-order valence-corrected chi connectivity index (χ1v) is 6.87. The number of thioether (sulfide) groups is 1. The molecule has 0 aliphatic carbocycles. The lowest BCUT2D eigenvalue weighted by atomic mass is 10.3. The van der Waals surface area contributed by atoms with Gasteiger partial charge in [0, 0.05) is 5.69 Å². The average molecular weight is 304 g/mol. The molecule has 0 amide bonds. The number of anilines is 2. The summed E-state index contributed by atoms with van der Waals surface area (Å²) in [5.74, 6) is -0.0875. The van der Waals surface area contributed by atoms with Crippen LogP contribution in [0.5, 0.6) is 0 Å². The fraction of sp³-hybridized carbons (Fsp3) is 0.0909. The van der Waals surface area contributed by atoms with Gasteiger partial charge >= 0.3 is 0 Å². The Bertz CT molecular complexity index is 580. The van der Waals surface area contributed by atoms with Gasteiger partial charge in [-0.3, -0.25) is 0 Å². The molecule has 1 N–H and O–H groups in total. The molecule has 0 atom stereocenters. The predicted octanol–water partition coefficient (Wildman–Crippen LogP) is 4.39. The maximum Gasteiger partial charge on any atom is 0.228 e. The van der Waals surface area contributed by atoms with E-state index in [-0.39, 0.29) is 5.02 Å². The van der Waals surface area contributed by atoms with Crippen molar-refractivity contribution in [2.24, 2.45) is 0 Å². The predicted molar refractivity (Wildman–Crippen MR) is 73.5 cm³/mol. The zero-order chi connectivity index (χ0) is 13.1. The quantitative estimate of drug-likeness (QED) is 0.674. The van der Waals surface area contributed by atoms with E-state index in [1.165, 1.54) is 30.1 Å². The molecule has 94 valence electrons. The Morgan fingerprint density at radius 1 is 1.28 bits per heavy atom. The van der Waals surface area contributed by atoms with Gasteiger partial charge in [-0.2, -0.15) is 0 Å². The van der Waals surface area contributed by atoms with E-state index in [1.54, 1.807) is 6.07 Å². The maximum atomic E-state index is 13.0. The van der Waals surface area contributed by atoms with Gasteiger partial charge in [0.1, 0.15) is 10.8 Å². The summed E-state index contributed by atoms with van der Waals surface area (Å²) in [6.45, 7) is 0. The zero-order valence-electron chi connectivity index (χ0n) is 9.25. The fourth-order valence-electron chi connectivity index (χ4n) is 1.26. The molecule has 0 saturated carbocycles. The minimum atomic E-state index is -0.468. The van der Waals surface area contributed by atoms with E-state index in [9.17, 15) is 4.39 Å². The lowest BCUT2D eigenvalue weighted by Crippen LogP contribution is -1.98. The number of benzene rings is 1. The monoisotopic (exact) mass is 303 g/mol. The highest BCUT2D eigenvalue weighted by Gasteiger charge is 2.06. The van der Waals surface area contributed by atoms with Crippen molar-refractivity contribution in [1.29, 1.82) is 0 Å². The van der Waals surface area contributed by atoms with Gasteiger partial charge in [0.2, 0.25) is 5.95 Å². The molecule has 0 fully saturated rings. The van der Waals surface area contributed by atoms with Crippen molar-refractivity contribution in [3.8, 4) is 0 Å². The second kappa shape index (κ2) is 5.73. The lowest BCUT2D eigenvalue weighted by molar-refractivity contribution is 0.628. The van der Waals surface area contributed by atoms with Gasteiger partial charge < -0.3 is 5.32 Å². The van der Waals surface area contributed by atoms with Crippen molar-refractivity contribution in [3.05, 3.63) is 40.3 Å². The summed E-state index contributed by atoms with van der Waals surface area (Å²) in [4.78, 5) is 8.24. The number of hydrogen-bond donors (Lipinski definition) is 1. The summed E-state index contributed by atoms with van der Waals surface area (Å²) in [6.07, 6.45) is 3.38. The van der Waals surface area contributed by atoms with Crippen LogP contribution in [0.15, 0.2) is 29.4 Å². The smallest absolute Gasteiger partial charge is 0.228 e. The van der Waals surface area contributed by atoms with Gasteiger partial charge in [-0.1, -0.05) is 23.2 Å². The summed E-state index contributed by atoms with van der Waals surface area (Å²) in [5, 5.41) is 4.13. The standard InChI is InChI=1S/C11H8Cl2FN3S/c1-18-10-8(13)5-15-11(17-10)16-6-2-3-9(14)7(12)4-6/h2-5H,1H3,(H,15,16,17). The fourth-order valence-corrected chi connectivity index (χ4v) is 2.19. The molecule has 2 rings (SSSR count). The minimum absolute atomic E-state index is 0.0408. The van der Waals surface area contributed by atoms with Crippen LogP contribution < -0.4 is 5.32 Å². The lowest BCUT2D eigenvalue weighted by Gasteiger charge is -2.07. The number of hydrogen-bond acceptors (Lipinski definition) is 4. The maximum absolute atomic E-state index is 13.0. The van der Waals surface area contributed by atoms with Gasteiger partial charge in [0.05, 0.1) is 16.2 Å². The van der Waals surface area contributed by atoms with Crippen LogP contribution in [-0.4, -0.2) is 16.2 Å². The molecule has 1 heterocycles. The second-order valence-corrected chi connectivity index (χ2v) is 4.91. The van der Waals surface area contributed by atoms with Crippen molar-refractivity contribution in [2.75, 3.05) is 11.6 Å². The molecule has 0 saturated heterocycles.